The van der Waals surface area contributed by atoms with Gasteiger partial charge in [-0.1, -0.05) is 35.3 Å². The van der Waals surface area contributed by atoms with Gasteiger partial charge in [-0.15, -0.1) is 0 Å². The maximum atomic E-state index is 6.19. The summed E-state index contributed by atoms with van der Waals surface area (Å²) in [5, 5.41) is 4.57. The third-order valence-electron chi connectivity index (χ3n) is 4.07. The minimum atomic E-state index is 0. The van der Waals surface area contributed by atoms with Crippen molar-refractivity contribution in [1.82, 2.24) is 10.3 Å². The number of benzene rings is 2. The number of hydrogen-bond acceptors (Lipinski definition) is 4. The molecule has 0 aliphatic carbocycles. The topological polar surface area (TPSA) is 43.4 Å². The summed E-state index contributed by atoms with van der Waals surface area (Å²) >= 11 is 12.4. The number of pyridine rings is 1. The van der Waals surface area contributed by atoms with Gasteiger partial charge in [-0.2, -0.15) is 0 Å². The Labute approximate surface area is 181 Å². The maximum absolute atomic E-state index is 6.19. The van der Waals surface area contributed by atoms with Gasteiger partial charge in [-0.25, -0.2) is 0 Å². The van der Waals surface area contributed by atoms with Crippen molar-refractivity contribution in [1.29, 1.82) is 0 Å². The summed E-state index contributed by atoms with van der Waals surface area (Å²) in [6.07, 6.45) is 3.58. The molecule has 1 aromatic heterocycles. The van der Waals surface area contributed by atoms with E-state index in [1.807, 2.05) is 36.4 Å². The average molecular weight is 439 g/mol. The molecule has 0 aliphatic rings. The second-order valence-corrected chi connectivity index (χ2v) is 6.75. The molecule has 0 atom stereocenters. The molecule has 148 valence electrons. The zero-order chi connectivity index (χ0) is 19.1. The number of rotatable bonds is 8. The first-order valence-corrected chi connectivity index (χ1v) is 9.25. The lowest BCUT2D eigenvalue weighted by Crippen LogP contribution is -3.00. The molecular formula is C21H20Cl3N2O2-. The lowest BCUT2D eigenvalue weighted by Gasteiger charge is -2.14. The zero-order valence-electron chi connectivity index (χ0n) is 15.3. The number of ether oxygens (including phenoxy) is 2. The van der Waals surface area contributed by atoms with Crippen LogP contribution in [0, 0.1) is 0 Å². The van der Waals surface area contributed by atoms with Crippen LogP contribution in [0.1, 0.15) is 16.7 Å². The Morgan fingerprint density at radius 3 is 2.25 bits per heavy atom. The van der Waals surface area contributed by atoms with E-state index in [9.17, 15) is 0 Å². The van der Waals surface area contributed by atoms with Crippen molar-refractivity contribution in [3.63, 3.8) is 0 Å². The predicted octanol–water partition coefficient (Wildman–Crippen LogP) is 2.27. The molecule has 0 amide bonds. The van der Waals surface area contributed by atoms with E-state index in [-0.39, 0.29) is 19.0 Å². The van der Waals surface area contributed by atoms with Gasteiger partial charge in [0.25, 0.3) is 0 Å². The molecule has 28 heavy (non-hydrogen) atoms. The van der Waals surface area contributed by atoms with E-state index in [0.717, 1.165) is 24.2 Å². The molecular weight excluding hydrogens is 419 g/mol. The SMILES string of the molecule is COc1cc(CNCc2ccncc2)ccc1OCc1c(Cl)cccc1Cl.[Cl-]. The normalized spacial score (nSPS) is 10.2. The Kier molecular flexibility index (Phi) is 8.87. The Balaban J connectivity index is 0.00000280. The quantitative estimate of drug-likeness (QED) is 0.586. The fourth-order valence-corrected chi connectivity index (χ4v) is 3.12. The molecule has 0 spiro atoms. The Hall–Kier alpha value is -1.98. The van der Waals surface area contributed by atoms with Crippen LogP contribution in [0.25, 0.3) is 0 Å². The minimum Gasteiger partial charge on any atom is -1.00 e. The first-order chi connectivity index (χ1) is 13.2. The van der Waals surface area contributed by atoms with Crippen molar-refractivity contribution in [3.05, 3.63) is 87.7 Å². The summed E-state index contributed by atoms with van der Waals surface area (Å²) in [4.78, 5) is 4.02. The maximum Gasteiger partial charge on any atom is 0.161 e. The molecule has 3 aromatic rings. The van der Waals surface area contributed by atoms with Gasteiger partial charge in [-0.05, 0) is 47.5 Å². The summed E-state index contributed by atoms with van der Waals surface area (Å²) in [5.74, 6) is 1.31. The molecule has 0 fully saturated rings. The van der Waals surface area contributed by atoms with Crippen molar-refractivity contribution in [3.8, 4) is 11.5 Å². The van der Waals surface area contributed by atoms with Gasteiger partial charge in [0.05, 0.1) is 7.11 Å². The molecule has 1 N–H and O–H groups in total. The van der Waals surface area contributed by atoms with E-state index in [4.69, 9.17) is 32.7 Å². The van der Waals surface area contributed by atoms with Crippen LogP contribution in [-0.2, 0) is 19.7 Å². The van der Waals surface area contributed by atoms with Gasteiger partial charge in [0, 0.05) is 41.1 Å². The molecule has 7 heteroatoms. The summed E-state index contributed by atoms with van der Waals surface area (Å²) in [6, 6.07) is 15.2. The fraction of sp³-hybridized carbons (Fsp3) is 0.190. The molecule has 1 heterocycles. The average Bonchev–Trinajstić information content (AvgIpc) is 2.69. The van der Waals surface area contributed by atoms with Crippen LogP contribution in [0.5, 0.6) is 11.5 Å². The summed E-state index contributed by atoms with van der Waals surface area (Å²) < 4.78 is 11.4. The highest BCUT2D eigenvalue weighted by Gasteiger charge is 2.10. The van der Waals surface area contributed by atoms with Crippen molar-refractivity contribution in [2.24, 2.45) is 0 Å². The number of nitrogens with one attached hydrogen (secondary N) is 1. The van der Waals surface area contributed by atoms with Gasteiger partial charge in [0.2, 0.25) is 0 Å². The molecule has 4 nitrogen and oxygen atoms in total. The van der Waals surface area contributed by atoms with Crippen LogP contribution in [-0.4, -0.2) is 12.1 Å². The number of hydrogen-bond donors (Lipinski definition) is 1. The number of methoxy groups -OCH3 is 1. The minimum absolute atomic E-state index is 0. The molecule has 3 rings (SSSR count). The molecule has 0 bridgehead atoms. The smallest absolute Gasteiger partial charge is 0.161 e. The van der Waals surface area contributed by atoms with Crippen LogP contribution >= 0.6 is 23.2 Å². The van der Waals surface area contributed by atoms with E-state index in [1.165, 1.54) is 5.56 Å². The molecule has 0 radical (unpaired) electrons. The van der Waals surface area contributed by atoms with E-state index in [2.05, 4.69) is 10.3 Å². The fourth-order valence-electron chi connectivity index (χ4n) is 2.61. The van der Waals surface area contributed by atoms with E-state index in [0.29, 0.717) is 21.5 Å². The number of nitrogens with zero attached hydrogens (tertiary/aromatic N) is 1. The van der Waals surface area contributed by atoms with Crippen molar-refractivity contribution < 1.29 is 21.9 Å². The highest BCUT2D eigenvalue weighted by atomic mass is 35.5. The summed E-state index contributed by atoms with van der Waals surface area (Å²) in [7, 11) is 1.62. The number of halogens is 3. The van der Waals surface area contributed by atoms with Gasteiger partial charge >= 0.3 is 0 Å². The van der Waals surface area contributed by atoms with Gasteiger partial charge in [0.1, 0.15) is 6.61 Å². The zero-order valence-corrected chi connectivity index (χ0v) is 17.6. The van der Waals surface area contributed by atoms with Crippen molar-refractivity contribution in [2.45, 2.75) is 19.7 Å². The van der Waals surface area contributed by atoms with E-state index >= 15 is 0 Å². The van der Waals surface area contributed by atoms with Gasteiger partial charge in [0.15, 0.2) is 11.5 Å². The van der Waals surface area contributed by atoms with Gasteiger partial charge in [-0.3, -0.25) is 4.98 Å². The Morgan fingerprint density at radius 1 is 0.893 bits per heavy atom. The van der Waals surface area contributed by atoms with Gasteiger partial charge < -0.3 is 27.2 Å². The molecule has 0 saturated carbocycles. The molecule has 0 saturated heterocycles. The lowest BCUT2D eigenvalue weighted by molar-refractivity contribution is -0.00000592. The third-order valence-corrected chi connectivity index (χ3v) is 4.78. The third kappa shape index (κ3) is 6.01. The van der Waals surface area contributed by atoms with Crippen LogP contribution in [0.2, 0.25) is 10.0 Å². The Morgan fingerprint density at radius 2 is 1.57 bits per heavy atom. The predicted molar refractivity (Wildman–Crippen MR) is 109 cm³/mol. The summed E-state index contributed by atoms with van der Waals surface area (Å²) in [5.41, 5.74) is 3.04. The second-order valence-electron chi connectivity index (χ2n) is 5.93. The van der Waals surface area contributed by atoms with Crippen LogP contribution in [0.4, 0.5) is 0 Å². The standard InChI is InChI=1S/C21H20Cl2N2O2.ClH/c1-26-21-11-16(13-25-12-15-7-9-24-10-8-15)5-6-20(21)27-14-17-18(22)3-2-4-19(17)23;/h2-11,25H,12-14H2,1H3;1H/p-1. The van der Waals surface area contributed by atoms with Crippen molar-refractivity contribution >= 4 is 23.2 Å². The monoisotopic (exact) mass is 437 g/mol. The van der Waals surface area contributed by atoms with Crippen LogP contribution < -0.4 is 27.2 Å². The van der Waals surface area contributed by atoms with E-state index < -0.39 is 0 Å². The highest BCUT2D eigenvalue weighted by Crippen LogP contribution is 2.31. The summed E-state index contributed by atoms with van der Waals surface area (Å²) in [6.45, 7) is 1.76. The highest BCUT2D eigenvalue weighted by molar-refractivity contribution is 6.35. The first kappa shape index (κ1) is 22.3. The first-order valence-electron chi connectivity index (χ1n) is 8.49. The van der Waals surface area contributed by atoms with E-state index in [1.54, 1.807) is 31.6 Å². The van der Waals surface area contributed by atoms with Crippen LogP contribution in [0.3, 0.4) is 0 Å². The molecule has 0 unspecified atom stereocenters. The lowest BCUT2D eigenvalue weighted by atomic mass is 10.2. The van der Waals surface area contributed by atoms with Crippen LogP contribution in [0.15, 0.2) is 60.9 Å². The largest absolute Gasteiger partial charge is 1.00 e. The molecule has 0 aliphatic heterocycles. The number of aromatic nitrogens is 1. The Bertz CT molecular complexity index is 872. The molecule has 2 aromatic carbocycles. The second kappa shape index (κ2) is 11.1. The van der Waals surface area contributed by atoms with Crippen molar-refractivity contribution in [2.75, 3.05) is 7.11 Å².